The summed E-state index contributed by atoms with van der Waals surface area (Å²) in [7, 11) is 0. The van der Waals surface area contributed by atoms with Gasteiger partial charge in [-0.15, -0.1) is 0 Å². The van der Waals surface area contributed by atoms with E-state index in [9.17, 15) is 50.8 Å². The zero-order chi connectivity index (χ0) is 30.5. The van der Waals surface area contributed by atoms with Gasteiger partial charge >= 0.3 is 0 Å². The van der Waals surface area contributed by atoms with E-state index in [1.165, 1.54) is 37.3 Å². The summed E-state index contributed by atoms with van der Waals surface area (Å²) in [5, 5.41) is 90.7. The quantitative estimate of drug-likeness (QED) is 0.154. The van der Waals surface area contributed by atoms with Crippen LogP contribution < -0.4 is 14.9 Å². The molecule has 15 heteroatoms. The van der Waals surface area contributed by atoms with E-state index in [2.05, 4.69) is 0 Å². The number of ether oxygens (including phenoxy) is 4. The molecule has 2 saturated heterocycles. The topological polar surface area (TPSA) is 249 Å². The van der Waals surface area contributed by atoms with Gasteiger partial charge in [-0.2, -0.15) is 0 Å². The average Bonchev–Trinajstić information content (AvgIpc) is 2.96. The standard InChI is InChI=1S/C27H30O15/c1-9-17(31)20(34)22(36)26(38-9)39-12-6-13(30)16-14(7-12)40-24(10-2-4-11(29)5-3-10)25(19(16)33)42-27-23(37)21(35)18(32)15(8-28)41-27/h2-7,9,15,17-18,20-23,26-32,34-37H,8H2,1H3/t9-,15+,17-,18-,20-,21+,22-,23+,26+,27-/m1/s1. The minimum Gasteiger partial charge on any atom is -0.508 e. The van der Waals surface area contributed by atoms with Crippen molar-refractivity contribution in [1.82, 2.24) is 0 Å². The van der Waals surface area contributed by atoms with Crippen molar-refractivity contribution >= 4 is 11.0 Å². The zero-order valence-corrected chi connectivity index (χ0v) is 21.9. The van der Waals surface area contributed by atoms with Gasteiger partial charge in [0.2, 0.25) is 23.8 Å². The van der Waals surface area contributed by atoms with E-state index in [0.29, 0.717) is 0 Å². The zero-order valence-electron chi connectivity index (χ0n) is 21.9. The SMILES string of the molecule is C[C@H]1O[C@@H](Oc2cc(O)c3c(=O)c(O[C@H]4O[C@@H](CO)[C@@H](O)[C@H](O)[C@@H]4O)c(-c4ccc(O)cc4)oc3c2)[C@H](O)[C@H](O)[C@@H]1O. The minimum atomic E-state index is -1.87. The molecule has 2 aromatic carbocycles. The molecule has 0 spiro atoms. The normalized spacial score (nSPS) is 33.4. The van der Waals surface area contributed by atoms with E-state index < -0.39 is 90.3 Å². The number of hydrogen-bond donors (Lipinski definition) is 9. The van der Waals surface area contributed by atoms with Crippen molar-refractivity contribution in [3.63, 3.8) is 0 Å². The summed E-state index contributed by atoms with van der Waals surface area (Å²) in [6.45, 7) is 0.702. The van der Waals surface area contributed by atoms with E-state index in [-0.39, 0.29) is 28.4 Å². The number of aromatic hydroxyl groups is 2. The van der Waals surface area contributed by atoms with Crippen LogP contribution in [0.1, 0.15) is 6.92 Å². The number of benzene rings is 2. The largest absolute Gasteiger partial charge is 0.508 e. The first kappa shape index (κ1) is 30.0. The highest BCUT2D eigenvalue weighted by molar-refractivity contribution is 5.88. The molecule has 5 rings (SSSR count). The molecular formula is C27H30O15. The van der Waals surface area contributed by atoms with Gasteiger partial charge in [0.1, 0.15) is 70.9 Å². The van der Waals surface area contributed by atoms with Crippen molar-refractivity contribution in [2.75, 3.05) is 6.61 Å². The van der Waals surface area contributed by atoms with E-state index in [4.69, 9.17) is 23.4 Å². The maximum atomic E-state index is 13.7. The predicted octanol–water partition coefficient (Wildman–Crippen LogP) is -1.74. The Bertz CT molecular complexity index is 1470. The van der Waals surface area contributed by atoms with Gasteiger partial charge in [0.25, 0.3) is 0 Å². The van der Waals surface area contributed by atoms with E-state index >= 15 is 0 Å². The molecule has 0 amide bonds. The third-order valence-electron chi connectivity index (χ3n) is 7.18. The first-order valence-corrected chi connectivity index (χ1v) is 12.9. The lowest BCUT2D eigenvalue weighted by atomic mass is 9.99. The van der Waals surface area contributed by atoms with Crippen LogP contribution in [0.15, 0.2) is 45.6 Å². The summed E-state index contributed by atoms with van der Waals surface area (Å²) in [6.07, 6.45) is -15.5. The van der Waals surface area contributed by atoms with E-state index in [1.807, 2.05) is 0 Å². The Kier molecular flexibility index (Phi) is 8.30. The van der Waals surface area contributed by atoms with Crippen LogP contribution in [-0.2, 0) is 9.47 Å². The van der Waals surface area contributed by atoms with Gasteiger partial charge in [-0.05, 0) is 31.2 Å². The Morgan fingerprint density at radius 1 is 0.786 bits per heavy atom. The Morgan fingerprint density at radius 2 is 1.40 bits per heavy atom. The van der Waals surface area contributed by atoms with Gasteiger partial charge in [-0.3, -0.25) is 4.79 Å². The van der Waals surface area contributed by atoms with Crippen LogP contribution in [0, 0.1) is 0 Å². The van der Waals surface area contributed by atoms with Crippen LogP contribution in [0.25, 0.3) is 22.3 Å². The fraction of sp³-hybridized carbons (Fsp3) is 0.444. The van der Waals surface area contributed by atoms with Crippen LogP contribution in [-0.4, -0.2) is 114 Å². The molecule has 0 aliphatic carbocycles. The van der Waals surface area contributed by atoms with Crippen molar-refractivity contribution in [2.24, 2.45) is 0 Å². The predicted molar refractivity (Wildman–Crippen MR) is 139 cm³/mol. The molecule has 2 aliphatic heterocycles. The summed E-state index contributed by atoms with van der Waals surface area (Å²) in [6, 6.07) is 7.53. The molecule has 0 radical (unpaired) electrons. The molecule has 3 aromatic rings. The second kappa shape index (κ2) is 11.6. The molecule has 2 fully saturated rings. The highest BCUT2D eigenvalue weighted by Crippen LogP contribution is 2.38. The summed E-state index contributed by atoms with van der Waals surface area (Å²) in [5.41, 5.74) is -1.01. The van der Waals surface area contributed by atoms with Gasteiger partial charge in [-0.25, -0.2) is 0 Å². The molecule has 0 saturated carbocycles. The Hall–Kier alpha value is -3.51. The third-order valence-corrected chi connectivity index (χ3v) is 7.18. The molecule has 3 heterocycles. The van der Waals surface area contributed by atoms with E-state index in [1.54, 1.807) is 0 Å². The maximum absolute atomic E-state index is 13.7. The summed E-state index contributed by atoms with van der Waals surface area (Å²) in [4.78, 5) is 13.7. The van der Waals surface area contributed by atoms with E-state index in [0.717, 1.165) is 6.07 Å². The Balaban J connectivity index is 1.58. The first-order valence-electron chi connectivity index (χ1n) is 12.9. The smallest absolute Gasteiger partial charge is 0.239 e. The Labute approximate surface area is 236 Å². The fourth-order valence-corrected chi connectivity index (χ4v) is 4.76. The van der Waals surface area contributed by atoms with Gasteiger partial charge in [0, 0.05) is 17.7 Å². The third kappa shape index (κ3) is 5.37. The van der Waals surface area contributed by atoms with Crippen molar-refractivity contribution in [1.29, 1.82) is 0 Å². The maximum Gasteiger partial charge on any atom is 0.239 e. The number of aliphatic hydroxyl groups excluding tert-OH is 7. The molecule has 0 bridgehead atoms. The van der Waals surface area contributed by atoms with Gasteiger partial charge in [-0.1, -0.05) is 0 Å². The number of rotatable bonds is 6. The summed E-state index contributed by atoms with van der Waals surface area (Å²) >= 11 is 0. The summed E-state index contributed by atoms with van der Waals surface area (Å²) < 4.78 is 28.0. The van der Waals surface area contributed by atoms with Crippen molar-refractivity contribution in [3.05, 3.63) is 46.6 Å². The second-order valence-corrected chi connectivity index (χ2v) is 10.1. The number of aliphatic hydroxyl groups is 7. The van der Waals surface area contributed by atoms with Crippen LogP contribution in [0.2, 0.25) is 0 Å². The van der Waals surface area contributed by atoms with Crippen LogP contribution in [0.4, 0.5) is 0 Å². The Morgan fingerprint density at radius 3 is 2.05 bits per heavy atom. The first-order chi connectivity index (χ1) is 19.9. The van der Waals surface area contributed by atoms with Crippen molar-refractivity contribution in [3.8, 4) is 34.3 Å². The average molecular weight is 595 g/mol. The molecule has 15 nitrogen and oxygen atoms in total. The lowest BCUT2D eigenvalue weighted by Crippen LogP contribution is -2.60. The molecule has 228 valence electrons. The molecule has 9 N–H and O–H groups in total. The lowest BCUT2D eigenvalue weighted by Gasteiger charge is -2.39. The molecule has 2 aliphatic rings. The molecule has 42 heavy (non-hydrogen) atoms. The number of fused-ring (bicyclic) bond motifs is 1. The van der Waals surface area contributed by atoms with Crippen LogP contribution in [0.5, 0.6) is 23.0 Å². The lowest BCUT2D eigenvalue weighted by molar-refractivity contribution is -0.277. The molecular weight excluding hydrogens is 564 g/mol. The van der Waals surface area contributed by atoms with Crippen LogP contribution >= 0.6 is 0 Å². The highest BCUT2D eigenvalue weighted by atomic mass is 16.7. The number of phenols is 2. The van der Waals surface area contributed by atoms with Gasteiger partial charge in [0.05, 0.1) is 12.7 Å². The van der Waals surface area contributed by atoms with Crippen molar-refractivity contribution < 1.29 is 69.3 Å². The van der Waals surface area contributed by atoms with Gasteiger partial charge < -0.3 is 69.3 Å². The van der Waals surface area contributed by atoms with Crippen molar-refractivity contribution in [2.45, 2.75) is 68.3 Å². The monoisotopic (exact) mass is 594 g/mol. The number of hydrogen-bond acceptors (Lipinski definition) is 15. The number of phenolic OH excluding ortho intramolecular Hbond substituents is 2. The summed E-state index contributed by atoms with van der Waals surface area (Å²) in [5.74, 6) is -1.77. The van der Waals surface area contributed by atoms with Gasteiger partial charge in [0.15, 0.2) is 5.76 Å². The molecule has 0 unspecified atom stereocenters. The molecule has 10 atom stereocenters. The second-order valence-electron chi connectivity index (χ2n) is 10.1. The fourth-order valence-electron chi connectivity index (χ4n) is 4.76. The van der Waals surface area contributed by atoms with Crippen LogP contribution in [0.3, 0.4) is 0 Å². The highest BCUT2D eigenvalue weighted by Gasteiger charge is 2.46. The minimum absolute atomic E-state index is 0.112. The molecule has 1 aromatic heterocycles.